The number of nitrogens with one attached hydrogen (secondary N) is 1. The smallest absolute Gasteiger partial charge is 0.406 e. The molecule has 10 heteroatoms. The Bertz CT molecular complexity index is 905. The van der Waals surface area contributed by atoms with Gasteiger partial charge >= 0.3 is 12.4 Å². The molecule has 3 rings (SSSR count). The highest BCUT2D eigenvalue weighted by molar-refractivity contribution is 7.15. The van der Waals surface area contributed by atoms with Gasteiger partial charge in [0.1, 0.15) is 5.75 Å². The first kappa shape index (κ1) is 17.0. The molecule has 0 aliphatic heterocycles. The molecule has 130 valence electrons. The van der Waals surface area contributed by atoms with Gasteiger partial charge in [-0.25, -0.2) is 0 Å². The number of ether oxygens (including phenoxy) is 1. The number of thiophene rings is 1. The summed E-state index contributed by atoms with van der Waals surface area (Å²) in [6.07, 6.45) is -4.84. The highest BCUT2D eigenvalue weighted by atomic mass is 32.1. The van der Waals surface area contributed by atoms with Gasteiger partial charge in [-0.1, -0.05) is 11.2 Å². The van der Waals surface area contributed by atoms with Crippen LogP contribution in [0.5, 0.6) is 5.75 Å². The van der Waals surface area contributed by atoms with Crippen LogP contribution >= 0.6 is 11.3 Å². The molecule has 0 aliphatic carbocycles. The molecule has 1 amide bonds. The Balaban J connectivity index is 1.72. The second kappa shape index (κ2) is 6.55. The van der Waals surface area contributed by atoms with Crippen LogP contribution in [0.15, 0.2) is 40.8 Å². The molecule has 0 atom stereocenters. The van der Waals surface area contributed by atoms with E-state index in [0.717, 1.165) is 21.9 Å². The molecule has 2 heterocycles. The van der Waals surface area contributed by atoms with Crippen LogP contribution < -0.4 is 10.1 Å². The number of carbonyl (C=O) groups excluding carboxylic acids is 1. The van der Waals surface area contributed by atoms with Crippen LogP contribution in [0.2, 0.25) is 0 Å². The summed E-state index contributed by atoms with van der Waals surface area (Å²) >= 11 is 1.44. The third-order valence-corrected chi connectivity index (χ3v) is 3.92. The van der Waals surface area contributed by atoms with Crippen molar-refractivity contribution in [2.45, 2.75) is 13.3 Å². The van der Waals surface area contributed by atoms with Crippen molar-refractivity contribution in [1.82, 2.24) is 10.2 Å². The number of aromatic nitrogens is 2. The maximum absolute atomic E-state index is 12.2. The zero-order chi connectivity index (χ0) is 18.0. The summed E-state index contributed by atoms with van der Waals surface area (Å²) in [6.45, 7) is 1.92. The normalized spacial score (nSPS) is 11.4. The summed E-state index contributed by atoms with van der Waals surface area (Å²) in [5, 5.41) is 9.85. The minimum Gasteiger partial charge on any atom is -0.406 e. The van der Waals surface area contributed by atoms with Gasteiger partial charge in [0.25, 0.3) is 11.8 Å². The van der Waals surface area contributed by atoms with Crippen LogP contribution in [-0.2, 0) is 0 Å². The van der Waals surface area contributed by atoms with Crippen LogP contribution in [0.25, 0.3) is 10.8 Å². The van der Waals surface area contributed by atoms with Gasteiger partial charge in [-0.15, -0.1) is 29.6 Å². The summed E-state index contributed by atoms with van der Waals surface area (Å²) in [4.78, 5) is 13.9. The van der Waals surface area contributed by atoms with Gasteiger partial charge in [0.05, 0.1) is 4.88 Å². The topological polar surface area (TPSA) is 77.2 Å². The van der Waals surface area contributed by atoms with Crippen molar-refractivity contribution in [2.24, 2.45) is 0 Å². The zero-order valence-corrected chi connectivity index (χ0v) is 13.4. The lowest BCUT2D eigenvalue weighted by atomic mass is 10.2. The lowest BCUT2D eigenvalue weighted by Crippen LogP contribution is -2.18. The maximum Gasteiger partial charge on any atom is 0.573 e. The summed E-state index contributed by atoms with van der Waals surface area (Å²) in [6, 6.07) is 8.18. The third-order valence-electron chi connectivity index (χ3n) is 2.93. The van der Waals surface area contributed by atoms with E-state index in [1.807, 2.05) is 13.0 Å². The van der Waals surface area contributed by atoms with E-state index < -0.39 is 18.0 Å². The Hall–Kier alpha value is -2.88. The highest BCUT2D eigenvalue weighted by Crippen LogP contribution is 2.28. The van der Waals surface area contributed by atoms with Crippen molar-refractivity contribution in [3.8, 4) is 16.5 Å². The van der Waals surface area contributed by atoms with Gasteiger partial charge in [0, 0.05) is 10.4 Å². The largest absolute Gasteiger partial charge is 0.573 e. The average Bonchev–Trinajstić information content (AvgIpc) is 3.14. The predicted molar refractivity (Wildman–Crippen MR) is 83.4 cm³/mol. The number of hydrogen-bond acceptors (Lipinski definition) is 6. The van der Waals surface area contributed by atoms with E-state index in [-0.39, 0.29) is 17.5 Å². The van der Waals surface area contributed by atoms with Crippen molar-refractivity contribution >= 4 is 23.3 Å². The lowest BCUT2D eigenvalue weighted by Gasteiger charge is -2.09. The monoisotopic (exact) mass is 369 g/mol. The van der Waals surface area contributed by atoms with Crippen molar-refractivity contribution in [3.05, 3.63) is 46.8 Å². The van der Waals surface area contributed by atoms with Crippen molar-refractivity contribution in [2.75, 3.05) is 5.32 Å². The molecule has 6 nitrogen and oxygen atoms in total. The molecule has 0 saturated carbocycles. The van der Waals surface area contributed by atoms with Gasteiger partial charge in [0.15, 0.2) is 0 Å². The SMILES string of the molecule is Cc1ccc(-c2nnc(NC(=O)c3cccc(OC(F)(F)F)c3)o2)s1. The number of benzene rings is 1. The van der Waals surface area contributed by atoms with Gasteiger partial charge < -0.3 is 9.15 Å². The predicted octanol–water partition coefficient (Wildman–Crippen LogP) is 4.26. The first-order chi connectivity index (χ1) is 11.8. The summed E-state index contributed by atoms with van der Waals surface area (Å²) in [7, 11) is 0. The van der Waals surface area contributed by atoms with E-state index >= 15 is 0 Å². The zero-order valence-electron chi connectivity index (χ0n) is 12.6. The number of halogens is 3. The molecule has 0 spiro atoms. The molecular weight excluding hydrogens is 359 g/mol. The van der Waals surface area contributed by atoms with Crippen molar-refractivity contribution in [1.29, 1.82) is 0 Å². The van der Waals surface area contributed by atoms with E-state index in [4.69, 9.17) is 4.42 Å². The first-order valence-corrected chi connectivity index (χ1v) is 7.69. The molecule has 1 aromatic carbocycles. The van der Waals surface area contributed by atoms with E-state index in [2.05, 4.69) is 20.3 Å². The number of carbonyl (C=O) groups is 1. The Morgan fingerprint density at radius 3 is 2.72 bits per heavy atom. The summed E-state index contributed by atoms with van der Waals surface area (Å²) in [5.41, 5.74) is -0.0477. The van der Waals surface area contributed by atoms with Crippen molar-refractivity contribution in [3.63, 3.8) is 0 Å². The van der Waals surface area contributed by atoms with Gasteiger partial charge in [0.2, 0.25) is 0 Å². The fourth-order valence-corrected chi connectivity index (χ4v) is 2.72. The van der Waals surface area contributed by atoms with E-state index in [1.165, 1.54) is 23.5 Å². The van der Waals surface area contributed by atoms with Crippen molar-refractivity contribution < 1.29 is 27.1 Å². The Labute approximate surface area is 143 Å². The Kier molecular flexibility index (Phi) is 4.45. The molecule has 0 saturated heterocycles. The van der Waals surface area contributed by atoms with Crippen LogP contribution in [0.4, 0.5) is 19.2 Å². The minimum atomic E-state index is -4.84. The highest BCUT2D eigenvalue weighted by Gasteiger charge is 2.31. The molecule has 0 radical (unpaired) electrons. The average molecular weight is 369 g/mol. The molecule has 0 unspecified atom stereocenters. The van der Waals surface area contributed by atoms with Crippen LogP contribution in [0.1, 0.15) is 15.2 Å². The summed E-state index contributed by atoms with van der Waals surface area (Å²) in [5.74, 6) is -0.965. The van der Waals surface area contributed by atoms with Crippen LogP contribution in [0, 0.1) is 6.92 Å². The molecular formula is C15H10F3N3O3S. The molecule has 3 aromatic rings. The second-order valence-corrected chi connectivity index (χ2v) is 6.14. The molecule has 2 aromatic heterocycles. The number of rotatable bonds is 4. The number of anilines is 1. The van der Waals surface area contributed by atoms with E-state index in [9.17, 15) is 18.0 Å². The van der Waals surface area contributed by atoms with E-state index in [0.29, 0.717) is 0 Å². The first-order valence-electron chi connectivity index (χ1n) is 6.88. The Morgan fingerprint density at radius 1 is 1.24 bits per heavy atom. The molecule has 0 aliphatic rings. The fourth-order valence-electron chi connectivity index (χ4n) is 1.93. The lowest BCUT2D eigenvalue weighted by molar-refractivity contribution is -0.274. The summed E-state index contributed by atoms with van der Waals surface area (Å²) < 4.78 is 45.8. The maximum atomic E-state index is 12.2. The fraction of sp³-hybridized carbons (Fsp3) is 0.133. The van der Waals surface area contributed by atoms with Gasteiger partial charge in [-0.05, 0) is 37.3 Å². The number of alkyl halides is 3. The second-order valence-electron chi connectivity index (χ2n) is 4.85. The Morgan fingerprint density at radius 2 is 2.04 bits per heavy atom. The minimum absolute atomic E-state index is 0.0477. The van der Waals surface area contributed by atoms with Crippen LogP contribution in [0.3, 0.4) is 0 Å². The number of amides is 1. The molecule has 0 fully saturated rings. The van der Waals surface area contributed by atoms with Crippen LogP contribution in [-0.4, -0.2) is 22.5 Å². The standard InChI is InChI=1S/C15H10F3N3O3S/c1-8-5-6-11(25-8)13-20-21-14(23-13)19-12(22)9-3-2-4-10(7-9)24-15(16,17)18/h2-7H,1H3,(H,19,21,22). The number of nitrogens with zero attached hydrogens (tertiary/aromatic N) is 2. The molecule has 25 heavy (non-hydrogen) atoms. The van der Waals surface area contributed by atoms with E-state index in [1.54, 1.807) is 6.07 Å². The molecule has 1 N–H and O–H groups in total. The third kappa shape index (κ3) is 4.35. The number of hydrogen-bond donors (Lipinski definition) is 1. The molecule has 0 bridgehead atoms. The quantitative estimate of drug-likeness (QED) is 0.744. The number of aryl methyl sites for hydroxylation is 1. The van der Waals surface area contributed by atoms with Gasteiger partial charge in [-0.3, -0.25) is 10.1 Å². The van der Waals surface area contributed by atoms with Gasteiger partial charge in [-0.2, -0.15) is 0 Å².